The highest BCUT2D eigenvalue weighted by molar-refractivity contribution is 14.3. The van der Waals surface area contributed by atoms with Crippen LogP contribution < -0.4 is 0 Å². The summed E-state index contributed by atoms with van der Waals surface area (Å²) in [5, 5.41) is 0. The Hall–Kier alpha value is 1.60. The zero-order valence-electron chi connectivity index (χ0n) is 7.56. The lowest BCUT2D eigenvalue weighted by molar-refractivity contribution is 0.461. The van der Waals surface area contributed by atoms with Crippen molar-refractivity contribution in [1.82, 2.24) is 9.13 Å². The van der Waals surface area contributed by atoms with E-state index in [0.29, 0.717) is 0 Å². The minimum Gasteiger partial charge on any atom is -0.299 e. The number of rotatable bonds is 4. The number of hydrogen-bond donors (Lipinski definition) is 0. The van der Waals surface area contributed by atoms with E-state index in [-0.39, 0.29) is 0 Å². The second kappa shape index (κ2) is 5.35. The van der Waals surface area contributed by atoms with Gasteiger partial charge in [0.05, 0.1) is 0 Å². The van der Waals surface area contributed by atoms with E-state index < -0.39 is 3.39 Å². The molecular weight excluding hydrogens is 382 g/mol. The fourth-order valence-corrected chi connectivity index (χ4v) is 6.11. The average molecular weight is 398 g/mol. The van der Waals surface area contributed by atoms with E-state index in [4.69, 9.17) is 0 Å². The van der Waals surface area contributed by atoms with Crippen LogP contribution in [-0.2, 0) is 0 Å². The third-order valence-electron chi connectivity index (χ3n) is 1.87. The quantitative estimate of drug-likeness (QED) is 0.407. The molecule has 0 aromatic heterocycles. The second-order valence-electron chi connectivity index (χ2n) is 2.54. The van der Waals surface area contributed by atoms with E-state index in [1.807, 2.05) is 0 Å². The fourth-order valence-electron chi connectivity index (χ4n) is 0.672. The van der Waals surface area contributed by atoms with Crippen molar-refractivity contribution in [2.75, 3.05) is 27.2 Å². The molecule has 0 heterocycles. The molecule has 0 unspecified atom stereocenters. The van der Waals surface area contributed by atoms with Gasteiger partial charge < -0.3 is 0 Å². The van der Waals surface area contributed by atoms with Crippen molar-refractivity contribution in [3.63, 3.8) is 0 Å². The Morgan fingerprint density at radius 1 is 1.00 bits per heavy atom. The topological polar surface area (TPSA) is 6.48 Å². The lowest BCUT2D eigenvalue weighted by Gasteiger charge is -2.35. The van der Waals surface area contributed by atoms with E-state index in [0.717, 1.165) is 13.1 Å². The van der Waals surface area contributed by atoms with Crippen molar-refractivity contribution in [2.24, 2.45) is 0 Å². The summed E-state index contributed by atoms with van der Waals surface area (Å²) < 4.78 is 3.61. The first-order valence-electron chi connectivity index (χ1n) is 3.77. The summed E-state index contributed by atoms with van der Waals surface area (Å²) in [4.78, 5) is 0. The molecule has 5 heteroatoms. The van der Waals surface area contributed by atoms with Crippen LogP contribution in [0.15, 0.2) is 0 Å². The van der Waals surface area contributed by atoms with Crippen molar-refractivity contribution >= 4 is 47.0 Å². The van der Waals surface area contributed by atoms with Crippen LogP contribution in [0.2, 0.25) is 0 Å². The summed E-state index contributed by atoms with van der Waals surface area (Å²) in [6.45, 7) is 6.70. The first-order chi connectivity index (χ1) is 4.96. The van der Waals surface area contributed by atoms with Crippen molar-refractivity contribution in [3.05, 3.63) is 0 Å². The van der Waals surface area contributed by atoms with Gasteiger partial charge in [-0.3, -0.25) is 9.13 Å². The largest absolute Gasteiger partial charge is 0.342 e. The van der Waals surface area contributed by atoms with Crippen LogP contribution in [0.4, 0.5) is 0 Å². The minimum absolute atomic E-state index is 1.14. The third kappa shape index (κ3) is 3.45. The van der Waals surface area contributed by atoms with Crippen LogP contribution in [0.5, 0.6) is 0 Å². The molecule has 0 aliphatic carbocycles. The predicted octanol–water partition coefficient (Wildman–Crippen LogP) is 2.20. The molecule has 0 N–H and O–H groups in total. The third-order valence-corrected chi connectivity index (χ3v) is 14.2. The van der Waals surface area contributed by atoms with Crippen LogP contribution in [-0.4, -0.2) is 39.7 Å². The van der Waals surface area contributed by atoms with Gasteiger partial charge in [-0.25, -0.2) is 0 Å². The van der Waals surface area contributed by atoms with Crippen molar-refractivity contribution in [3.8, 4) is 0 Å². The summed E-state index contributed by atoms with van der Waals surface area (Å²) in [6.07, 6.45) is 0. The lowest BCUT2D eigenvalue weighted by Crippen LogP contribution is -2.53. The highest BCUT2D eigenvalue weighted by Crippen LogP contribution is 2.27. The molecule has 11 heavy (non-hydrogen) atoms. The summed E-state index contributed by atoms with van der Waals surface area (Å²) in [5.74, 6) is 0. The van der Waals surface area contributed by atoms with Gasteiger partial charge in [-0.15, -0.1) is 0 Å². The molecule has 0 fully saturated rings. The van der Waals surface area contributed by atoms with E-state index in [1.165, 1.54) is 0 Å². The van der Waals surface area contributed by atoms with E-state index in [2.05, 4.69) is 80.7 Å². The molecule has 0 spiro atoms. The molecule has 0 amide bonds. The predicted molar refractivity (Wildman–Crippen MR) is 70.4 cm³/mol. The van der Waals surface area contributed by atoms with Gasteiger partial charge in [-0.1, -0.05) is 57.4 Å². The molecular formula is C6H16I2N2Si. The number of hydrogen-bond acceptors (Lipinski definition) is 2. The van der Waals surface area contributed by atoms with Gasteiger partial charge in [0, 0.05) is 0 Å². The molecule has 0 aromatic rings. The van der Waals surface area contributed by atoms with Gasteiger partial charge in [0.2, 0.25) is 0 Å². The van der Waals surface area contributed by atoms with Gasteiger partial charge in [0.15, 0.2) is 0 Å². The van der Waals surface area contributed by atoms with Crippen molar-refractivity contribution in [1.29, 1.82) is 0 Å². The first kappa shape index (κ1) is 12.6. The lowest BCUT2D eigenvalue weighted by atomic mass is 10.8. The molecule has 0 aliphatic rings. The van der Waals surface area contributed by atoms with Crippen LogP contribution in [0.1, 0.15) is 13.8 Å². The van der Waals surface area contributed by atoms with E-state index in [1.54, 1.807) is 0 Å². The zero-order chi connectivity index (χ0) is 9.07. The maximum atomic E-state index is 2.61. The maximum absolute atomic E-state index is 2.61. The first-order valence-corrected chi connectivity index (χ1v) is 11.9. The molecule has 0 saturated heterocycles. The summed E-state index contributed by atoms with van der Waals surface area (Å²) in [5.41, 5.74) is 0. The summed E-state index contributed by atoms with van der Waals surface area (Å²) in [7, 11) is 4.41. The SMILES string of the molecule is CCN(C)[Si](I)(I)N(C)CC. The van der Waals surface area contributed by atoms with Gasteiger partial charge in [-0.05, 0) is 27.2 Å². The van der Waals surface area contributed by atoms with Crippen LogP contribution in [0.25, 0.3) is 0 Å². The van der Waals surface area contributed by atoms with Gasteiger partial charge in [0.1, 0.15) is 0 Å². The Morgan fingerprint density at radius 2 is 1.27 bits per heavy atom. The standard InChI is InChI=1S/C6H16I2N2Si/c1-5-9(3)11(7,8)10(4)6-2/h5-6H2,1-4H3. The second-order valence-corrected chi connectivity index (χ2v) is 20.3. The highest BCUT2D eigenvalue weighted by Gasteiger charge is 2.35. The Kier molecular flexibility index (Phi) is 6.13. The number of halogens is 2. The molecule has 0 aromatic carbocycles. The molecule has 0 atom stereocenters. The average Bonchev–Trinajstić information content (AvgIpc) is 2.01. The van der Waals surface area contributed by atoms with Gasteiger partial charge in [-0.2, -0.15) is 0 Å². The molecule has 0 radical (unpaired) electrons. The Balaban J connectivity index is 4.18. The Morgan fingerprint density at radius 3 is 1.45 bits per heavy atom. The van der Waals surface area contributed by atoms with Crippen molar-refractivity contribution < 1.29 is 0 Å². The molecule has 2 nitrogen and oxygen atoms in total. The monoisotopic (exact) mass is 398 g/mol. The zero-order valence-corrected chi connectivity index (χ0v) is 12.9. The van der Waals surface area contributed by atoms with Gasteiger partial charge in [0.25, 0.3) is 0 Å². The smallest absolute Gasteiger partial charge is 0.299 e. The minimum atomic E-state index is -1.30. The normalized spacial score (nSPS) is 13.1. The number of nitrogens with zero attached hydrogens (tertiary/aromatic N) is 2. The van der Waals surface area contributed by atoms with Gasteiger partial charge >= 0.3 is 3.39 Å². The fraction of sp³-hybridized carbons (Fsp3) is 1.00. The van der Waals surface area contributed by atoms with Crippen LogP contribution in [0, 0.1) is 0 Å². The van der Waals surface area contributed by atoms with Crippen LogP contribution >= 0.6 is 43.6 Å². The molecule has 0 saturated carbocycles. The van der Waals surface area contributed by atoms with Crippen molar-refractivity contribution in [2.45, 2.75) is 13.8 Å². The summed E-state index contributed by atoms with van der Waals surface area (Å²) >= 11 is 5.21. The molecule has 0 aliphatic heterocycles. The molecule has 68 valence electrons. The highest BCUT2D eigenvalue weighted by atomic mass is 127. The van der Waals surface area contributed by atoms with Crippen LogP contribution in [0.3, 0.4) is 0 Å². The Bertz CT molecular complexity index is 109. The summed E-state index contributed by atoms with van der Waals surface area (Å²) in [6, 6.07) is 0. The van der Waals surface area contributed by atoms with E-state index >= 15 is 0 Å². The Labute approximate surface area is 96.3 Å². The maximum Gasteiger partial charge on any atom is 0.342 e. The van der Waals surface area contributed by atoms with E-state index in [9.17, 15) is 0 Å². The molecule has 0 rings (SSSR count). The molecule has 0 bridgehead atoms.